The SMILES string of the molecule is CC(C)C(C)C(C)C.CC(C)CC(C)C(C)C. The van der Waals surface area contributed by atoms with Crippen molar-refractivity contribution >= 4 is 0 Å². The highest BCUT2D eigenvalue weighted by atomic mass is 14.2. The van der Waals surface area contributed by atoms with E-state index in [4.69, 9.17) is 0 Å². The molecule has 0 nitrogen and oxygen atoms in total. The van der Waals surface area contributed by atoms with Crippen LogP contribution in [0.1, 0.15) is 75.7 Å². The van der Waals surface area contributed by atoms with E-state index >= 15 is 0 Å². The van der Waals surface area contributed by atoms with Crippen LogP contribution >= 0.6 is 0 Å². The van der Waals surface area contributed by atoms with Gasteiger partial charge in [-0.1, -0.05) is 69.2 Å². The molecule has 0 aromatic rings. The quantitative estimate of drug-likeness (QED) is 0.534. The Morgan fingerprint density at radius 3 is 0.941 bits per heavy atom. The normalized spacial score (nSPS) is 13.6. The molecule has 0 heteroatoms. The van der Waals surface area contributed by atoms with Crippen molar-refractivity contribution in [1.82, 2.24) is 0 Å². The first-order valence-corrected chi connectivity index (χ1v) is 7.59. The van der Waals surface area contributed by atoms with Gasteiger partial charge < -0.3 is 0 Å². The molecule has 17 heavy (non-hydrogen) atoms. The van der Waals surface area contributed by atoms with Gasteiger partial charge in [-0.15, -0.1) is 0 Å². The second-order valence-electron chi connectivity index (χ2n) is 7.20. The summed E-state index contributed by atoms with van der Waals surface area (Å²) in [5.74, 6) is 5.17. The fraction of sp³-hybridized carbons (Fsp3) is 1.00. The van der Waals surface area contributed by atoms with Gasteiger partial charge in [0.15, 0.2) is 0 Å². The maximum Gasteiger partial charge on any atom is -0.0396 e. The first-order chi connectivity index (χ1) is 7.59. The van der Waals surface area contributed by atoms with Gasteiger partial charge in [-0.05, 0) is 41.9 Å². The lowest BCUT2D eigenvalue weighted by Gasteiger charge is -2.18. The Morgan fingerprint density at radius 1 is 0.529 bits per heavy atom. The zero-order valence-corrected chi connectivity index (χ0v) is 14.2. The smallest absolute Gasteiger partial charge is 0.0396 e. The summed E-state index contributed by atoms with van der Waals surface area (Å²) in [5.41, 5.74) is 0. The summed E-state index contributed by atoms with van der Waals surface area (Å²) in [6.07, 6.45) is 1.37. The second kappa shape index (κ2) is 9.97. The first kappa shape index (κ1) is 19.3. The van der Waals surface area contributed by atoms with Crippen molar-refractivity contribution in [2.75, 3.05) is 0 Å². The van der Waals surface area contributed by atoms with E-state index in [1.807, 2.05) is 0 Å². The molecule has 0 aromatic heterocycles. The Hall–Kier alpha value is 0. The van der Waals surface area contributed by atoms with Gasteiger partial charge in [-0.2, -0.15) is 0 Å². The molecule has 0 aromatic carbocycles. The van der Waals surface area contributed by atoms with Gasteiger partial charge >= 0.3 is 0 Å². The zero-order chi connectivity index (χ0) is 14.2. The average Bonchev–Trinajstić information content (AvgIpc) is 2.15. The summed E-state index contributed by atoms with van der Waals surface area (Å²) in [6.45, 7) is 23.0. The molecule has 0 aliphatic heterocycles. The van der Waals surface area contributed by atoms with E-state index in [0.29, 0.717) is 0 Å². The van der Waals surface area contributed by atoms with Crippen LogP contribution in [-0.4, -0.2) is 0 Å². The van der Waals surface area contributed by atoms with Crippen LogP contribution in [0, 0.1) is 35.5 Å². The molecule has 1 unspecified atom stereocenters. The van der Waals surface area contributed by atoms with Crippen molar-refractivity contribution in [1.29, 1.82) is 0 Å². The highest BCUT2D eigenvalue weighted by Crippen LogP contribution is 2.19. The molecule has 0 heterocycles. The number of rotatable bonds is 5. The molecule has 0 bridgehead atoms. The van der Waals surface area contributed by atoms with Crippen LogP contribution in [0.2, 0.25) is 0 Å². The van der Waals surface area contributed by atoms with Crippen LogP contribution in [0.25, 0.3) is 0 Å². The van der Waals surface area contributed by atoms with Crippen LogP contribution in [-0.2, 0) is 0 Å². The molecule has 0 radical (unpaired) electrons. The highest BCUT2D eigenvalue weighted by Gasteiger charge is 2.09. The molecule has 0 amide bonds. The summed E-state index contributed by atoms with van der Waals surface area (Å²) in [7, 11) is 0. The van der Waals surface area contributed by atoms with Crippen LogP contribution in [0.3, 0.4) is 0 Å². The van der Waals surface area contributed by atoms with Crippen molar-refractivity contribution in [3.63, 3.8) is 0 Å². The summed E-state index contributed by atoms with van der Waals surface area (Å²) in [4.78, 5) is 0. The van der Waals surface area contributed by atoms with E-state index in [-0.39, 0.29) is 0 Å². The van der Waals surface area contributed by atoms with Gasteiger partial charge in [0.25, 0.3) is 0 Å². The maximum atomic E-state index is 2.34. The van der Waals surface area contributed by atoms with E-state index in [1.54, 1.807) is 0 Å². The van der Waals surface area contributed by atoms with E-state index in [2.05, 4.69) is 69.2 Å². The Kier molecular flexibility index (Phi) is 11.3. The lowest BCUT2D eigenvalue weighted by molar-refractivity contribution is 0.316. The van der Waals surface area contributed by atoms with Crippen LogP contribution < -0.4 is 0 Å². The van der Waals surface area contributed by atoms with Gasteiger partial charge in [0.2, 0.25) is 0 Å². The Bertz CT molecular complexity index is 145. The Labute approximate surface area is 112 Å². The largest absolute Gasteiger partial charge is 0.0628 e. The monoisotopic (exact) mass is 242 g/mol. The second-order valence-corrected chi connectivity index (χ2v) is 7.20. The average molecular weight is 242 g/mol. The molecule has 0 fully saturated rings. The van der Waals surface area contributed by atoms with Gasteiger partial charge in [-0.3, -0.25) is 0 Å². The molecular formula is C17H38. The van der Waals surface area contributed by atoms with E-state index in [9.17, 15) is 0 Å². The standard InChI is InChI=1S/C9H20.C8H18/c1-7(2)6-9(5)8(3)4;1-6(2)8(5)7(3)4/h7-9H,6H2,1-5H3;6-8H,1-5H3. The molecule has 1 atom stereocenters. The number of hydrogen-bond acceptors (Lipinski definition) is 0. The van der Waals surface area contributed by atoms with E-state index in [0.717, 1.165) is 35.5 Å². The summed E-state index contributed by atoms with van der Waals surface area (Å²) < 4.78 is 0. The third-order valence-electron chi connectivity index (χ3n) is 4.08. The molecule has 0 N–H and O–H groups in total. The van der Waals surface area contributed by atoms with Crippen molar-refractivity contribution in [2.45, 2.75) is 75.7 Å². The van der Waals surface area contributed by atoms with Gasteiger partial charge in [0.1, 0.15) is 0 Å². The summed E-state index contributed by atoms with van der Waals surface area (Å²) in [6, 6.07) is 0. The zero-order valence-electron chi connectivity index (χ0n) is 14.2. The van der Waals surface area contributed by atoms with Crippen molar-refractivity contribution in [3.05, 3.63) is 0 Å². The molecule has 0 saturated carbocycles. The maximum absolute atomic E-state index is 2.34. The fourth-order valence-electron chi connectivity index (χ4n) is 1.79. The van der Waals surface area contributed by atoms with Gasteiger partial charge in [-0.25, -0.2) is 0 Å². The van der Waals surface area contributed by atoms with Crippen molar-refractivity contribution in [2.24, 2.45) is 35.5 Å². The predicted octanol–water partition coefficient (Wildman–Crippen LogP) is 6.26. The van der Waals surface area contributed by atoms with E-state index < -0.39 is 0 Å². The van der Waals surface area contributed by atoms with Crippen LogP contribution in [0.5, 0.6) is 0 Å². The van der Waals surface area contributed by atoms with Crippen LogP contribution in [0.4, 0.5) is 0 Å². The topological polar surface area (TPSA) is 0 Å². The summed E-state index contributed by atoms with van der Waals surface area (Å²) >= 11 is 0. The molecule has 0 aliphatic carbocycles. The minimum atomic E-state index is 0.843. The van der Waals surface area contributed by atoms with E-state index in [1.165, 1.54) is 6.42 Å². The van der Waals surface area contributed by atoms with Gasteiger partial charge in [0.05, 0.1) is 0 Å². The fourth-order valence-corrected chi connectivity index (χ4v) is 1.79. The highest BCUT2D eigenvalue weighted by molar-refractivity contribution is 4.60. The number of hydrogen-bond donors (Lipinski definition) is 0. The minimum absolute atomic E-state index is 0.843. The van der Waals surface area contributed by atoms with Gasteiger partial charge in [0, 0.05) is 0 Å². The molecular weight excluding hydrogens is 204 g/mol. The molecule has 0 spiro atoms. The first-order valence-electron chi connectivity index (χ1n) is 7.59. The molecule has 106 valence electrons. The van der Waals surface area contributed by atoms with Crippen molar-refractivity contribution < 1.29 is 0 Å². The third kappa shape index (κ3) is 12.2. The predicted molar refractivity (Wildman–Crippen MR) is 82.3 cm³/mol. The Balaban J connectivity index is 0. The molecule has 0 rings (SSSR count). The van der Waals surface area contributed by atoms with Crippen LogP contribution in [0.15, 0.2) is 0 Å². The molecule has 0 aliphatic rings. The summed E-state index contributed by atoms with van der Waals surface area (Å²) in [5, 5.41) is 0. The minimum Gasteiger partial charge on any atom is -0.0628 e. The lowest BCUT2D eigenvalue weighted by Crippen LogP contribution is -2.10. The Morgan fingerprint density at radius 2 is 0.882 bits per heavy atom. The lowest BCUT2D eigenvalue weighted by atomic mass is 9.88. The van der Waals surface area contributed by atoms with Crippen molar-refractivity contribution in [3.8, 4) is 0 Å². The molecule has 0 saturated heterocycles. The third-order valence-corrected chi connectivity index (χ3v) is 4.08.